The fourth-order valence-corrected chi connectivity index (χ4v) is 3.16. The van der Waals surface area contributed by atoms with E-state index in [1.54, 1.807) is 24.5 Å². The number of benzene rings is 1. The second-order valence-corrected chi connectivity index (χ2v) is 7.49. The number of carbonyl (C=O) groups excluding carboxylic acids is 1. The van der Waals surface area contributed by atoms with Crippen LogP contribution in [0.2, 0.25) is 0 Å². The molecule has 0 spiro atoms. The van der Waals surface area contributed by atoms with Crippen molar-refractivity contribution in [1.29, 1.82) is 0 Å². The topological polar surface area (TPSA) is 96.9 Å². The number of halogens is 1. The molecule has 3 N–H and O–H groups in total. The number of carbonyl (C=O) groups is 1. The summed E-state index contributed by atoms with van der Waals surface area (Å²) in [7, 11) is 0. The van der Waals surface area contributed by atoms with Crippen molar-refractivity contribution in [3.05, 3.63) is 53.9 Å². The van der Waals surface area contributed by atoms with Crippen molar-refractivity contribution in [2.45, 2.75) is 26.8 Å². The molecule has 2 heterocycles. The van der Waals surface area contributed by atoms with Gasteiger partial charge in [-0.2, -0.15) is 0 Å². The van der Waals surface area contributed by atoms with Gasteiger partial charge in [0.15, 0.2) is 5.96 Å². The van der Waals surface area contributed by atoms with Crippen LogP contribution in [0.3, 0.4) is 0 Å². The van der Waals surface area contributed by atoms with Crippen molar-refractivity contribution in [2.24, 2.45) is 10.9 Å². The molecule has 1 amide bonds. The third kappa shape index (κ3) is 8.62. The van der Waals surface area contributed by atoms with Crippen LogP contribution in [0, 0.1) is 12.8 Å². The highest BCUT2D eigenvalue weighted by Crippen LogP contribution is 2.23. The van der Waals surface area contributed by atoms with Crippen LogP contribution in [-0.4, -0.2) is 49.8 Å². The lowest BCUT2D eigenvalue weighted by Gasteiger charge is -2.15. The van der Waals surface area contributed by atoms with E-state index in [2.05, 4.69) is 32.0 Å². The molecule has 0 radical (unpaired) electrons. The maximum absolute atomic E-state index is 12.2. The number of aryl methyl sites for hydroxylation is 1. The molecule has 1 atom stereocenters. The van der Waals surface area contributed by atoms with Crippen LogP contribution >= 0.6 is 24.0 Å². The molecule has 0 bridgehead atoms. The van der Waals surface area contributed by atoms with Crippen molar-refractivity contribution >= 4 is 41.5 Å². The minimum atomic E-state index is -0.170. The van der Waals surface area contributed by atoms with Crippen LogP contribution in [-0.2, 0) is 16.1 Å². The first-order valence-corrected chi connectivity index (χ1v) is 10.7. The van der Waals surface area contributed by atoms with Gasteiger partial charge in [-0.05, 0) is 44.0 Å². The van der Waals surface area contributed by atoms with Gasteiger partial charge < -0.3 is 25.4 Å². The van der Waals surface area contributed by atoms with E-state index in [1.807, 2.05) is 26.0 Å². The van der Waals surface area contributed by atoms with E-state index in [-0.39, 0.29) is 36.4 Å². The van der Waals surface area contributed by atoms with Crippen LogP contribution in [0.5, 0.6) is 5.75 Å². The summed E-state index contributed by atoms with van der Waals surface area (Å²) in [6, 6.07) is 9.70. The monoisotopic (exact) mass is 553 g/mol. The summed E-state index contributed by atoms with van der Waals surface area (Å²) < 4.78 is 11.5. The number of amides is 1. The second kappa shape index (κ2) is 13.9. The zero-order chi connectivity index (χ0) is 21.9. The number of aliphatic imine (C=N–C) groups is 1. The average Bonchev–Trinajstić information content (AvgIpc) is 3.29. The molecule has 1 aromatic heterocycles. The van der Waals surface area contributed by atoms with E-state index in [0.29, 0.717) is 37.3 Å². The largest absolute Gasteiger partial charge is 0.493 e. The Morgan fingerprint density at radius 2 is 2.19 bits per heavy atom. The number of nitrogens with one attached hydrogen (secondary N) is 3. The summed E-state index contributed by atoms with van der Waals surface area (Å²) in [5, 5.41) is 9.03. The highest BCUT2D eigenvalue weighted by molar-refractivity contribution is 14.0. The van der Waals surface area contributed by atoms with Gasteiger partial charge in [-0.25, -0.2) is 4.99 Å². The summed E-state index contributed by atoms with van der Waals surface area (Å²) in [6.07, 6.45) is 4.30. The van der Waals surface area contributed by atoms with Gasteiger partial charge in [0.25, 0.3) is 0 Å². The minimum Gasteiger partial charge on any atom is -0.493 e. The number of hydrogen-bond donors (Lipinski definition) is 3. The molecule has 1 saturated heterocycles. The maximum Gasteiger partial charge on any atom is 0.243 e. The van der Waals surface area contributed by atoms with E-state index in [9.17, 15) is 4.79 Å². The Bertz CT molecular complexity index is 873. The summed E-state index contributed by atoms with van der Waals surface area (Å²) in [5.74, 6) is 1.69. The molecular weight excluding hydrogens is 521 g/mol. The Morgan fingerprint density at radius 1 is 1.31 bits per heavy atom. The Hall–Kier alpha value is -2.40. The Balaban J connectivity index is 0.00000363. The molecule has 1 aliphatic heterocycles. The van der Waals surface area contributed by atoms with Crippen LogP contribution in [0.15, 0.2) is 47.7 Å². The molecular formula is C23H32IN5O3. The van der Waals surface area contributed by atoms with Crippen molar-refractivity contribution in [1.82, 2.24) is 15.6 Å². The highest BCUT2D eigenvalue weighted by atomic mass is 127. The number of aromatic nitrogens is 1. The number of ether oxygens (including phenoxy) is 2. The lowest BCUT2D eigenvalue weighted by atomic mass is 10.1. The Labute approximate surface area is 206 Å². The summed E-state index contributed by atoms with van der Waals surface area (Å²) in [5.41, 5.74) is 2.80. The van der Waals surface area contributed by atoms with E-state index >= 15 is 0 Å². The third-order valence-electron chi connectivity index (χ3n) is 4.83. The van der Waals surface area contributed by atoms with Crippen LogP contribution < -0.4 is 20.7 Å². The van der Waals surface area contributed by atoms with Crippen LogP contribution in [0.25, 0.3) is 0 Å². The number of hydrogen-bond acceptors (Lipinski definition) is 5. The molecule has 32 heavy (non-hydrogen) atoms. The molecule has 174 valence electrons. The second-order valence-electron chi connectivity index (χ2n) is 7.49. The third-order valence-corrected chi connectivity index (χ3v) is 4.83. The van der Waals surface area contributed by atoms with E-state index in [1.165, 1.54) is 0 Å². The average molecular weight is 553 g/mol. The van der Waals surface area contributed by atoms with Gasteiger partial charge in [-0.15, -0.1) is 24.0 Å². The fraction of sp³-hybridized carbons (Fsp3) is 0.435. The number of anilines is 1. The van der Waals surface area contributed by atoms with E-state index in [4.69, 9.17) is 9.47 Å². The molecule has 8 nitrogen and oxygen atoms in total. The molecule has 1 aromatic carbocycles. The molecule has 0 aliphatic carbocycles. The number of nitrogens with zero attached hydrogens (tertiary/aromatic N) is 2. The SMILES string of the molecule is CCNC(=NCc1ccc(C)cc1OCC1CCOC1)NCC(=O)Nc1cccnc1.I. The Kier molecular flexibility index (Phi) is 11.2. The number of guanidine groups is 1. The quantitative estimate of drug-likeness (QED) is 0.251. The molecule has 0 saturated carbocycles. The summed E-state index contributed by atoms with van der Waals surface area (Å²) in [4.78, 5) is 20.8. The van der Waals surface area contributed by atoms with Crippen LogP contribution in [0.1, 0.15) is 24.5 Å². The Morgan fingerprint density at radius 3 is 2.91 bits per heavy atom. The molecule has 1 unspecified atom stereocenters. The summed E-state index contributed by atoms with van der Waals surface area (Å²) in [6.45, 7) is 7.47. The molecule has 9 heteroatoms. The fourth-order valence-electron chi connectivity index (χ4n) is 3.16. The number of pyridine rings is 1. The normalized spacial score (nSPS) is 15.6. The van der Waals surface area contributed by atoms with Crippen molar-refractivity contribution in [3.8, 4) is 5.75 Å². The predicted octanol–water partition coefficient (Wildman–Crippen LogP) is 3.12. The van der Waals surface area contributed by atoms with Gasteiger partial charge in [0.1, 0.15) is 5.75 Å². The highest BCUT2D eigenvalue weighted by Gasteiger charge is 2.17. The van der Waals surface area contributed by atoms with Gasteiger partial charge in [0.2, 0.25) is 5.91 Å². The smallest absolute Gasteiger partial charge is 0.243 e. The molecule has 2 aromatic rings. The van der Waals surface area contributed by atoms with Gasteiger partial charge in [-0.3, -0.25) is 9.78 Å². The lowest BCUT2D eigenvalue weighted by molar-refractivity contribution is -0.115. The van der Waals surface area contributed by atoms with Crippen molar-refractivity contribution in [2.75, 3.05) is 38.2 Å². The first kappa shape index (κ1) is 25.9. The van der Waals surface area contributed by atoms with E-state index in [0.717, 1.165) is 36.5 Å². The molecule has 1 fully saturated rings. The lowest BCUT2D eigenvalue weighted by Crippen LogP contribution is -2.41. The first-order valence-electron chi connectivity index (χ1n) is 10.7. The minimum absolute atomic E-state index is 0. The molecule has 1 aliphatic rings. The maximum atomic E-state index is 12.2. The first-order chi connectivity index (χ1) is 15.1. The summed E-state index contributed by atoms with van der Waals surface area (Å²) >= 11 is 0. The molecule has 3 rings (SSSR count). The number of rotatable bonds is 9. The van der Waals surface area contributed by atoms with E-state index < -0.39 is 0 Å². The van der Waals surface area contributed by atoms with Crippen molar-refractivity contribution in [3.63, 3.8) is 0 Å². The van der Waals surface area contributed by atoms with Crippen molar-refractivity contribution < 1.29 is 14.3 Å². The van der Waals surface area contributed by atoms with Gasteiger partial charge in [-0.1, -0.05) is 12.1 Å². The van der Waals surface area contributed by atoms with Gasteiger partial charge in [0, 0.05) is 30.8 Å². The standard InChI is InChI=1S/C23H31N5O3.HI/c1-3-25-23(27-14-22(29)28-20-5-4-9-24-13-20)26-12-19-7-6-17(2)11-21(19)31-16-18-8-10-30-15-18;/h4-7,9,11,13,18H,3,8,10,12,14-16H2,1-2H3,(H,28,29)(H2,25,26,27);1H. The predicted molar refractivity (Wildman–Crippen MR) is 137 cm³/mol. The van der Waals surface area contributed by atoms with Crippen LogP contribution in [0.4, 0.5) is 5.69 Å². The van der Waals surface area contributed by atoms with Gasteiger partial charge >= 0.3 is 0 Å². The zero-order valence-electron chi connectivity index (χ0n) is 18.6. The zero-order valence-corrected chi connectivity index (χ0v) is 20.9. The van der Waals surface area contributed by atoms with Gasteiger partial charge in [0.05, 0.1) is 38.2 Å².